The molecule has 28 heavy (non-hydrogen) atoms. The molecule has 3 aromatic rings. The van der Waals surface area contributed by atoms with Gasteiger partial charge in [0.25, 0.3) is 0 Å². The smallest absolute Gasteiger partial charge is 0.234 e. The first-order chi connectivity index (χ1) is 13.6. The van der Waals surface area contributed by atoms with Crippen LogP contribution in [-0.4, -0.2) is 14.4 Å². The summed E-state index contributed by atoms with van der Waals surface area (Å²) in [5.41, 5.74) is 5.05. The molecule has 0 amide bonds. The lowest BCUT2D eigenvalue weighted by molar-refractivity contribution is 0.882. The second kappa shape index (κ2) is 11.3. The number of aromatic nitrogens is 3. The number of hydrogen-bond donors (Lipinski definition) is 1. The maximum atomic E-state index is 8.83. The predicted molar refractivity (Wildman–Crippen MR) is 117 cm³/mol. The van der Waals surface area contributed by atoms with Crippen LogP contribution in [0.15, 0.2) is 55.9 Å². The van der Waals surface area contributed by atoms with Crippen LogP contribution in [0, 0.1) is 11.3 Å². The Morgan fingerprint density at radius 2 is 1.79 bits per heavy atom. The number of fused-ring (bicyclic) bond motifs is 1. The summed E-state index contributed by atoms with van der Waals surface area (Å²) in [6.45, 7) is 18.6. The van der Waals surface area contributed by atoms with Crippen LogP contribution in [0.25, 0.3) is 17.0 Å². The third-order valence-corrected chi connectivity index (χ3v) is 3.71. The van der Waals surface area contributed by atoms with Gasteiger partial charge in [-0.1, -0.05) is 53.0 Å². The van der Waals surface area contributed by atoms with Gasteiger partial charge in [0.05, 0.1) is 28.7 Å². The van der Waals surface area contributed by atoms with Gasteiger partial charge in [0.2, 0.25) is 5.78 Å². The van der Waals surface area contributed by atoms with Crippen LogP contribution in [0.1, 0.15) is 57.1 Å². The van der Waals surface area contributed by atoms with E-state index in [1.807, 2.05) is 63.4 Å². The van der Waals surface area contributed by atoms with Crippen molar-refractivity contribution in [3.05, 3.63) is 78.4 Å². The number of allylic oxidation sites excluding steroid dienone is 1. The molecule has 0 aliphatic rings. The Bertz CT molecular complexity index is 959. The lowest BCUT2D eigenvalue weighted by Gasteiger charge is -2.12. The first-order valence-electron chi connectivity index (χ1n) is 9.50. The Labute approximate surface area is 168 Å². The Kier molecular flexibility index (Phi) is 9.18. The topological polar surface area (TPSA) is 66.0 Å². The van der Waals surface area contributed by atoms with Gasteiger partial charge in [0, 0.05) is 18.9 Å². The number of hydrogen-bond acceptors (Lipinski definition) is 4. The van der Waals surface area contributed by atoms with Crippen LogP contribution in [-0.2, 0) is 6.54 Å². The molecule has 5 nitrogen and oxygen atoms in total. The Morgan fingerprint density at radius 1 is 1.14 bits per heavy atom. The molecule has 0 aliphatic carbocycles. The molecule has 0 atom stereocenters. The van der Waals surface area contributed by atoms with E-state index >= 15 is 0 Å². The van der Waals surface area contributed by atoms with Crippen LogP contribution >= 0.6 is 0 Å². The molecular formula is C23H29N5. The highest BCUT2D eigenvalue weighted by Gasteiger charge is 2.09. The van der Waals surface area contributed by atoms with Crippen molar-refractivity contribution in [1.29, 1.82) is 5.26 Å². The summed E-state index contributed by atoms with van der Waals surface area (Å²) < 4.78 is 1.90. The van der Waals surface area contributed by atoms with E-state index in [0.29, 0.717) is 23.6 Å². The van der Waals surface area contributed by atoms with E-state index in [2.05, 4.69) is 34.5 Å². The summed E-state index contributed by atoms with van der Waals surface area (Å²) in [5, 5.41) is 12.1. The van der Waals surface area contributed by atoms with Gasteiger partial charge in [-0.3, -0.25) is 4.40 Å². The van der Waals surface area contributed by atoms with E-state index in [1.165, 1.54) is 0 Å². The van der Waals surface area contributed by atoms with Gasteiger partial charge in [0.1, 0.15) is 0 Å². The summed E-state index contributed by atoms with van der Waals surface area (Å²) in [6.07, 6.45) is 3.58. The van der Waals surface area contributed by atoms with E-state index in [-0.39, 0.29) is 0 Å². The van der Waals surface area contributed by atoms with Crippen LogP contribution in [0.2, 0.25) is 0 Å². The van der Waals surface area contributed by atoms with E-state index in [1.54, 1.807) is 18.3 Å². The molecule has 0 spiro atoms. The molecule has 0 aliphatic heterocycles. The zero-order valence-corrected chi connectivity index (χ0v) is 17.5. The summed E-state index contributed by atoms with van der Waals surface area (Å²) in [4.78, 5) is 8.78. The Morgan fingerprint density at radius 3 is 2.36 bits per heavy atom. The zero-order chi connectivity index (χ0) is 21.1. The van der Waals surface area contributed by atoms with Gasteiger partial charge in [-0.25, -0.2) is 9.97 Å². The molecule has 1 aromatic carbocycles. The van der Waals surface area contributed by atoms with Crippen LogP contribution in [0.4, 0.5) is 0 Å². The van der Waals surface area contributed by atoms with Crippen molar-refractivity contribution < 1.29 is 0 Å². The van der Waals surface area contributed by atoms with E-state index in [4.69, 9.17) is 5.26 Å². The van der Waals surface area contributed by atoms with Crippen molar-refractivity contribution in [3.63, 3.8) is 0 Å². The second-order valence-corrected chi connectivity index (χ2v) is 5.55. The minimum absolute atomic E-state index is 0.605. The van der Waals surface area contributed by atoms with Crippen molar-refractivity contribution in [1.82, 2.24) is 19.7 Å². The van der Waals surface area contributed by atoms with Crippen molar-refractivity contribution >= 4 is 17.0 Å². The third kappa shape index (κ3) is 5.55. The maximum Gasteiger partial charge on any atom is 0.234 e. The molecule has 2 heterocycles. The van der Waals surface area contributed by atoms with Gasteiger partial charge in [-0.05, 0) is 36.3 Å². The summed E-state index contributed by atoms with van der Waals surface area (Å²) >= 11 is 0. The fourth-order valence-corrected chi connectivity index (χ4v) is 2.39. The minimum Gasteiger partial charge on any atom is -0.380 e. The number of imidazole rings is 1. The molecule has 0 saturated carbocycles. The molecule has 0 radical (unpaired) electrons. The summed E-state index contributed by atoms with van der Waals surface area (Å²) in [7, 11) is 0. The number of rotatable bonds is 5. The molecule has 1 N–H and O–H groups in total. The molecule has 0 fully saturated rings. The number of benzene rings is 1. The largest absolute Gasteiger partial charge is 0.380 e. The highest BCUT2D eigenvalue weighted by molar-refractivity contribution is 5.67. The monoisotopic (exact) mass is 375 g/mol. The first-order valence-corrected chi connectivity index (χ1v) is 9.50. The van der Waals surface area contributed by atoms with Gasteiger partial charge < -0.3 is 5.32 Å². The Balaban J connectivity index is 0.000000921. The highest BCUT2D eigenvalue weighted by Crippen LogP contribution is 2.18. The second-order valence-electron chi connectivity index (χ2n) is 5.55. The number of nitrogens with one attached hydrogen (secondary N) is 1. The van der Waals surface area contributed by atoms with Gasteiger partial charge in [0.15, 0.2) is 0 Å². The molecule has 0 bridgehead atoms. The van der Waals surface area contributed by atoms with Crippen molar-refractivity contribution in [2.24, 2.45) is 0 Å². The van der Waals surface area contributed by atoms with E-state index in [0.717, 1.165) is 22.5 Å². The van der Waals surface area contributed by atoms with E-state index < -0.39 is 0 Å². The minimum atomic E-state index is 0.605. The summed E-state index contributed by atoms with van der Waals surface area (Å²) in [5.74, 6) is 0.617. The molecular weight excluding hydrogens is 346 g/mol. The number of nitrogens with zero attached hydrogens (tertiary/aromatic N) is 4. The van der Waals surface area contributed by atoms with Crippen LogP contribution in [0.5, 0.6) is 0 Å². The predicted octanol–water partition coefficient (Wildman–Crippen LogP) is 5.45. The highest BCUT2D eigenvalue weighted by atomic mass is 15.1. The molecule has 5 heteroatoms. The van der Waals surface area contributed by atoms with Crippen molar-refractivity contribution in [3.8, 4) is 6.07 Å². The molecule has 0 unspecified atom stereocenters. The fourth-order valence-electron chi connectivity index (χ4n) is 2.39. The lowest BCUT2D eigenvalue weighted by Crippen LogP contribution is -2.13. The molecule has 2 aromatic heterocycles. The van der Waals surface area contributed by atoms with Crippen LogP contribution < -0.4 is 5.32 Å². The van der Waals surface area contributed by atoms with Gasteiger partial charge in [-0.2, -0.15) is 5.26 Å². The average Bonchev–Trinajstić information content (AvgIpc) is 3.23. The molecule has 146 valence electrons. The first kappa shape index (κ1) is 22.7. The van der Waals surface area contributed by atoms with Gasteiger partial charge in [-0.15, -0.1) is 0 Å². The standard InChI is InChI=1S/C19H17N5.2C2H6/c1-13(2)18-10-17(23-19-21-8-9-24(18)19)14(3)22-12-16-6-4-15(11-20)5-7-16;2*1-2/h4-10,22H,1,3,12H2,2H3;2*1-2H3. The van der Waals surface area contributed by atoms with Gasteiger partial charge >= 0.3 is 0 Å². The SMILES string of the molecule is C=C(NCc1ccc(C#N)cc1)c1cc(C(=C)C)n2ccnc2n1.CC.CC. The summed E-state index contributed by atoms with van der Waals surface area (Å²) in [6, 6.07) is 11.5. The molecule has 3 rings (SSSR count). The van der Waals surface area contributed by atoms with Crippen LogP contribution in [0.3, 0.4) is 0 Å². The quantitative estimate of drug-likeness (QED) is 0.644. The molecule has 0 saturated heterocycles. The third-order valence-electron chi connectivity index (χ3n) is 3.71. The van der Waals surface area contributed by atoms with Crippen molar-refractivity contribution in [2.45, 2.75) is 41.2 Å². The van der Waals surface area contributed by atoms with Crippen molar-refractivity contribution in [2.75, 3.05) is 0 Å². The zero-order valence-electron chi connectivity index (χ0n) is 17.5. The number of nitriles is 1. The van der Waals surface area contributed by atoms with E-state index in [9.17, 15) is 0 Å². The fraction of sp³-hybridized carbons (Fsp3) is 0.261. The Hall–Kier alpha value is -3.39. The normalized spacial score (nSPS) is 9.29. The maximum absolute atomic E-state index is 8.83. The lowest BCUT2D eigenvalue weighted by atomic mass is 10.1. The average molecular weight is 376 g/mol.